The molecule has 2 aromatic carbocycles. The topological polar surface area (TPSA) is 9.23 Å². The van der Waals surface area contributed by atoms with Crippen LogP contribution in [-0.2, 0) is 17.8 Å². The maximum Gasteiger partial charge on any atom is 0.0726 e. The molecule has 112 valence electrons. The van der Waals surface area contributed by atoms with E-state index >= 15 is 0 Å². The van der Waals surface area contributed by atoms with Crippen LogP contribution in [0.2, 0.25) is 0 Å². The van der Waals surface area contributed by atoms with E-state index in [1.165, 1.54) is 22.3 Å². The van der Waals surface area contributed by atoms with E-state index in [2.05, 4.69) is 76.2 Å². The Morgan fingerprint density at radius 1 is 0.905 bits per heavy atom. The molecule has 0 saturated carbocycles. The van der Waals surface area contributed by atoms with E-state index in [-0.39, 0.29) is 5.60 Å². The Hall–Kier alpha value is -1.60. The summed E-state index contributed by atoms with van der Waals surface area (Å²) in [6, 6.07) is 17.2. The van der Waals surface area contributed by atoms with Gasteiger partial charge in [-0.15, -0.1) is 0 Å². The molecule has 0 heterocycles. The summed E-state index contributed by atoms with van der Waals surface area (Å²) in [5.74, 6) is 0. The predicted octanol–water partition coefficient (Wildman–Crippen LogP) is 5.23. The van der Waals surface area contributed by atoms with E-state index in [0.717, 1.165) is 12.8 Å². The van der Waals surface area contributed by atoms with E-state index in [0.29, 0.717) is 6.61 Å². The summed E-state index contributed by atoms with van der Waals surface area (Å²) in [6.07, 6.45) is 2.09. The summed E-state index contributed by atoms with van der Waals surface area (Å²) in [7, 11) is 0. The van der Waals surface area contributed by atoms with Gasteiger partial charge in [0.25, 0.3) is 0 Å². The minimum absolute atomic E-state index is 0.104. The molecule has 0 N–H and O–H groups in total. The van der Waals surface area contributed by atoms with Gasteiger partial charge < -0.3 is 4.74 Å². The average molecular weight is 282 g/mol. The van der Waals surface area contributed by atoms with Crippen LogP contribution in [0, 0.1) is 13.8 Å². The number of hydrogen-bond donors (Lipinski definition) is 0. The largest absolute Gasteiger partial charge is 0.371 e. The minimum atomic E-state index is -0.104. The Labute approximate surface area is 129 Å². The van der Waals surface area contributed by atoms with Gasteiger partial charge in [-0.1, -0.05) is 54.1 Å². The van der Waals surface area contributed by atoms with Gasteiger partial charge in [-0.05, 0) is 57.2 Å². The van der Waals surface area contributed by atoms with Gasteiger partial charge in [-0.2, -0.15) is 0 Å². The lowest BCUT2D eigenvalue weighted by atomic mass is 9.98. The third kappa shape index (κ3) is 5.02. The maximum absolute atomic E-state index is 6.14. The SMILES string of the molecule is Cc1ccc(CCC(C)(C)OCc2ccccc2C)cc1. The molecule has 0 aliphatic carbocycles. The summed E-state index contributed by atoms with van der Waals surface area (Å²) in [5.41, 5.74) is 5.17. The van der Waals surface area contributed by atoms with E-state index in [1.807, 2.05) is 0 Å². The Morgan fingerprint density at radius 2 is 1.57 bits per heavy atom. The number of rotatable bonds is 6. The molecule has 0 aromatic heterocycles. The highest BCUT2D eigenvalue weighted by Crippen LogP contribution is 2.21. The first-order valence-corrected chi connectivity index (χ1v) is 7.70. The minimum Gasteiger partial charge on any atom is -0.371 e. The molecule has 0 aliphatic rings. The smallest absolute Gasteiger partial charge is 0.0726 e. The molecule has 0 aliphatic heterocycles. The molecule has 1 heteroatoms. The molecule has 0 saturated heterocycles. The third-order valence-electron chi connectivity index (χ3n) is 4.02. The summed E-state index contributed by atoms with van der Waals surface area (Å²) in [6.45, 7) is 9.31. The van der Waals surface area contributed by atoms with Crippen LogP contribution in [0.15, 0.2) is 48.5 Å². The van der Waals surface area contributed by atoms with Crippen LogP contribution >= 0.6 is 0 Å². The maximum atomic E-state index is 6.14. The van der Waals surface area contributed by atoms with Crippen molar-refractivity contribution in [2.75, 3.05) is 0 Å². The molecule has 0 unspecified atom stereocenters. The monoisotopic (exact) mass is 282 g/mol. The zero-order chi connectivity index (χ0) is 15.3. The zero-order valence-electron chi connectivity index (χ0n) is 13.6. The molecular weight excluding hydrogens is 256 g/mol. The van der Waals surface area contributed by atoms with Gasteiger partial charge in [0.05, 0.1) is 12.2 Å². The first-order valence-electron chi connectivity index (χ1n) is 7.70. The molecule has 21 heavy (non-hydrogen) atoms. The van der Waals surface area contributed by atoms with E-state index < -0.39 is 0 Å². The second-order valence-electron chi connectivity index (χ2n) is 6.46. The van der Waals surface area contributed by atoms with Crippen molar-refractivity contribution in [3.05, 3.63) is 70.8 Å². The number of ether oxygens (including phenoxy) is 1. The van der Waals surface area contributed by atoms with Crippen LogP contribution in [-0.4, -0.2) is 5.60 Å². The van der Waals surface area contributed by atoms with E-state index in [1.54, 1.807) is 0 Å². The predicted molar refractivity (Wildman–Crippen MR) is 89.5 cm³/mol. The van der Waals surface area contributed by atoms with E-state index in [9.17, 15) is 0 Å². The molecule has 0 bridgehead atoms. The lowest BCUT2D eigenvalue weighted by Gasteiger charge is -2.26. The molecule has 0 amide bonds. The van der Waals surface area contributed by atoms with Crippen molar-refractivity contribution in [2.24, 2.45) is 0 Å². The molecular formula is C20H26O. The summed E-state index contributed by atoms with van der Waals surface area (Å²) < 4.78 is 6.14. The van der Waals surface area contributed by atoms with Gasteiger partial charge in [0.1, 0.15) is 0 Å². The van der Waals surface area contributed by atoms with Gasteiger partial charge in [0.2, 0.25) is 0 Å². The Kier molecular flexibility index (Phi) is 5.19. The second kappa shape index (κ2) is 6.91. The van der Waals surface area contributed by atoms with E-state index in [4.69, 9.17) is 4.74 Å². The van der Waals surface area contributed by atoms with Gasteiger partial charge in [0, 0.05) is 0 Å². The van der Waals surface area contributed by atoms with Crippen molar-refractivity contribution < 1.29 is 4.74 Å². The molecule has 0 radical (unpaired) electrons. The number of hydrogen-bond acceptors (Lipinski definition) is 1. The fourth-order valence-electron chi connectivity index (χ4n) is 2.32. The fourth-order valence-corrected chi connectivity index (χ4v) is 2.32. The first kappa shape index (κ1) is 15.8. The van der Waals surface area contributed by atoms with Crippen molar-refractivity contribution in [3.63, 3.8) is 0 Å². The van der Waals surface area contributed by atoms with Crippen LogP contribution in [0.25, 0.3) is 0 Å². The number of benzene rings is 2. The molecule has 0 fully saturated rings. The van der Waals surface area contributed by atoms with Crippen molar-refractivity contribution in [1.29, 1.82) is 0 Å². The Morgan fingerprint density at radius 3 is 2.24 bits per heavy atom. The Bertz CT molecular complexity index is 567. The van der Waals surface area contributed by atoms with Crippen molar-refractivity contribution in [1.82, 2.24) is 0 Å². The van der Waals surface area contributed by atoms with Crippen molar-refractivity contribution in [3.8, 4) is 0 Å². The summed E-state index contributed by atoms with van der Waals surface area (Å²) >= 11 is 0. The van der Waals surface area contributed by atoms with Crippen LogP contribution in [0.3, 0.4) is 0 Å². The second-order valence-corrected chi connectivity index (χ2v) is 6.46. The van der Waals surface area contributed by atoms with Gasteiger partial charge in [-0.3, -0.25) is 0 Å². The van der Waals surface area contributed by atoms with Crippen LogP contribution in [0.4, 0.5) is 0 Å². The highest BCUT2D eigenvalue weighted by Gasteiger charge is 2.18. The molecule has 0 atom stereocenters. The van der Waals surface area contributed by atoms with Crippen LogP contribution in [0.1, 0.15) is 42.5 Å². The highest BCUT2D eigenvalue weighted by molar-refractivity contribution is 5.25. The van der Waals surface area contributed by atoms with Crippen LogP contribution in [0.5, 0.6) is 0 Å². The lowest BCUT2D eigenvalue weighted by Crippen LogP contribution is -2.25. The lowest BCUT2D eigenvalue weighted by molar-refractivity contribution is -0.0348. The third-order valence-corrected chi connectivity index (χ3v) is 4.02. The Balaban J connectivity index is 1.87. The standard InChI is InChI=1S/C20H26O/c1-16-9-11-18(12-10-16)13-14-20(3,4)21-15-19-8-6-5-7-17(19)2/h5-12H,13-15H2,1-4H3. The quantitative estimate of drug-likeness (QED) is 0.704. The molecule has 2 rings (SSSR count). The van der Waals surface area contributed by atoms with Crippen molar-refractivity contribution in [2.45, 2.75) is 52.7 Å². The van der Waals surface area contributed by atoms with Crippen LogP contribution < -0.4 is 0 Å². The van der Waals surface area contributed by atoms with Gasteiger partial charge >= 0.3 is 0 Å². The van der Waals surface area contributed by atoms with Crippen molar-refractivity contribution >= 4 is 0 Å². The highest BCUT2D eigenvalue weighted by atomic mass is 16.5. The fraction of sp³-hybridized carbons (Fsp3) is 0.400. The first-order chi connectivity index (χ1) is 9.96. The average Bonchev–Trinajstić information content (AvgIpc) is 2.46. The van der Waals surface area contributed by atoms with Gasteiger partial charge in [-0.25, -0.2) is 0 Å². The molecule has 2 aromatic rings. The van der Waals surface area contributed by atoms with Gasteiger partial charge in [0.15, 0.2) is 0 Å². The normalized spacial score (nSPS) is 11.6. The molecule has 0 spiro atoms. The molecule has 1 nitrogen and oxygen atoms in total. The summed E-state index contributed by atoms with van der Waals surface area (Å²) in [4.78, 5) is 0. The summed E-state index contributed by atoms with van der Waals surface area (Å²) in [5, 5.41) is 0. The zero-order valence-corrected chi connectivity index (χ0v) is 13.6. The number of aryl methyl sites for hydroxylation is 3.